The van der Waals surface area contributed by atoms with E-state index in [-0.39, 0.29) is 11.6 Å². The van der Waals surface area contributed by atoms with Gasteiger partial charge in [0.25, 0.3) is 5.91 Å². The fourth-order valence-electron chi connectivity index (χ4n) is 1.34. The molecule has 1 aromatic heterocycles. The van der Waals surface area contributed by atoms with E-state index >= 15 is 0 Å². The summed E-state index contributed by atoms with van der Waals surface area (Å²) in [6.45, 7) is 3.99. The monoisotopic (exact) mass is 306 g/mol. The van der Waals surface area contributed by atoms with Crippen molar-refractivity contribution in [1.82, 2.24) is 20.3 Å². The highest BCUT2D eigenvalue weighted by atomic mass is 79.9. The second-order valence-electron chi connectivity index (χ2n) is 3.58. The first-order chi connectivity index (χ1) is 8.66. The van der Waals surface area contributed by atoms with Gasteiger partial charge in [-0.1, -0.05) is 45.9 Å². The molecule has 0 aliphatic rings. The van der Waals surface area contributed by atoms with Gasteiger partial charge in [-0.3, -0.25) is 4.79 Å². The van der Waals surface area contributed by atoms with Crippen LogP contribution in [0.1, 0.15) is 10.5 Å². The predicted molar refractivity (Wildman–Crippen MR) is 71.8 cm³/mol. The molecule has 2 rings (SSSR count). The normalized spacial score (nSPS) is 10.1. The Balaban J connectivity index is 2.11. The van der Waals surface area contributed by atoms with Gasteiger partial charge in [0.15, 0.2) is 5.69 Å². The lowest BCUT2D eigenvalue weighted by molar-refractivity contribution is 0.0952. The zero-order chi connectivity index (χ0) is 13.0. The number of nitrogens with zero attached hydrogens (tertiary/aromatic N) is 3. The molecule has 0 aliphatic carbocycles. The maximum absolute atomic E-state index is 11.7. The fourth-order valence-corrected chi connectivity index (χ4v) is 1.48. The molecule has 18 heavy (non-hydrogen) atoms. The largest absolute Gasteiger partial charge is 0.346 e. The van der Waals surface area contributed by atoms with E-state index in [4.69, 9.17) is 0 Å². The summed E-state index contributed by atoms with van der Waals surface area (Å²) in [5.74, 6) is -0.280. The Kier molecular flexibility index (Phi) is 3.88. The van der Waals surface area contributed by atoms with E-state index in [1.807, 2.05) is 30.3 Å². The molecule has 0 atom stereocenters. The Hall–Kier alpha value is -1.95. The van der Waals surface area contributed by atoms with Crippen molar-refractivity contribution in [1.29, 1.82) is 0 Å². The molecule has 0 radical (unpaired) electrons. The number of nitrogens with one attached hydrogen (secondary N) is 1. The lowest BCUT2D eigenvalue weighted by Crippen LogP contribution is -2.24. The van der Waals surface area contributed by atoms with Crippen LogP contribution in [0.4, 0.5) is 0 Å². The van der Waals surface area contributed by atoms with E-state index in [1.54, 1.807) is 10.9 Å². The Morgan fingerprint density at radius 3 is 2.78 bits per heavy atom. The van der Waals surface area contributed by atoms with Gasteiger partial charge >= 0.3 is 0 Å². The second-order valence-corrected chi connectivity index (χ2v) is 4.71. The third-order valence-electron chi connectivity index (χ3n) is 2.19. The van der Waals surface area contributed by atoms with Crippen molar-refractivity contribution in [2.75, 3.05) is 6.54 Å². The van der Waals surface area contributed by atoms with Gasteiger partial charge in [-0.05, 0) is 12.1 Å². The van der Waals surface area contributed by atoms with E-state index in [0.717, 1.165) is 5.69 Å². The van der Waals surface area contributed by atoms with Crippen LogP contribution < -0.4 is 5.32 Å². The Morgan fingerprint density at radius 2 is 2.11 bits per heavy atom. The molecular formula is C12H11BrN4O. The Morgan fingerprint density at radius 1 is 1.39 bits per heavy atom. The van der Waals surface area contributed by atoms with Gasteiger partial charge in [-0.15, -0.1) is 5.10 Å². The second kappa shape index (κ2) is 5.59. The lowest BCUT2D eigenvalue weighted by atomic mass is 10.3. The summed E-state index contributed by atoms with van der Waals surface area (Å²) in [5, 5.41) is 10.4. The highest BCUT2D eigenvalue weighted by molar-refractivity contribution is 9.11. The Labute approximate surface area is 113 Å². The molecule has 0 bridgehead atoms. The van der Waals surface area contributed by atoms with Crippen LogP contribution in [0.5, 0.6) is 0 Å². The molecule has 0 fully saturated rings. The van der Waals surface area contributed by atoms with Crippen LogP contribution >= 0.6 is 15.9 Å². The van der Waals surface area contributed by atoms with Crippen molar-refractivity contribution in [3.8, 4) is 5.69 Å². The number of para-hydroxylation sites is 1. The van der Waals surface area contributed by atoms with Gasteiger partial charge < -0.3 is 5.32 Å². The van der Waals surface area contributed by atoms with Crippen LogP contribution in [-0.4, -0.2) is 27.4 Å². The molecule has 92 valence electrons. The summed E-state index contributed by atoms with van der Waals surface area (Å²) in [7, 11) is 0. The molecule has 0 saturated heterocycles. The SMILES string of the molecule is C=C(Br)CNC(=O)c1cn(-c2ccccc2)nn1. The van der Waals surface area contributed by atoms with E-state index in [0.29, 0.717) is 11.0 Å². The van der Waals surface area contributed by atoms with Crippen LogP contribution in [0, 0.1) is 0 Å². The minimum atomic E-state index is -0.280. The van der Waals surface area contributed by atoms with Crippen LogP contribution in [0.2, 0.25) is 0 Å². The third kappa shape index (κ3) is 3.04. The number of benzene rings is 1. The number of carbonyl (C=O) groups is 1. The molecule has 1 amide bonds. The van der Waals surface area contributed by atoms with Gasteiger partial charge in [-0.25, -0.2) is 4.68 Å². The number of rotatable bonds is 4. The zero-order valence-corrected chi connectivity index (χ0v) is 11.1. The predicted octanol–water partition coefficient (Wildman–Crippen LogP) is 1.91. The van der Waals surface area contributed by atoms with Crippen LogP contribution in [0.25, 0.3) is 5.69 Å². The quantitative estimate of drug-likeness (QED) is 0.938. The highest BCUT2D eigenvalue weighted by Crippen LogP contribution is 2.06. The maximum atomic E-state index is 11.7. The van der Waals surface area contributed by atoms with Crippen molar-refractivity contribution in [3.63, 3.8) is 0 Å². The van der Waals surface area contributed by atoms with Crippen molar-refractivity contribution in [3.05, 3.63) is 53.3 Å². The summed E-state index contributed by atoms with van der Waals surface area (Å²) in [6.07, 6.45) is 1.58. The van der Waals surface area contributed by atoms with Crippen molar-refractivity contribution < 1.29 is 4.79 Å². The lowest BCUT2D eigenvalue weighted by Gasteiger charge is -2.00. The van der Waals surface area contributed by atoms with Gasteiger partial charge in [-0.2, -0.15) is 0 Å². The average molecular weight is 307 g/mol. The summed E-state index contributed by atoms with van der Waals surface area (Å²) in [4.78, 5) is 11.7. The van der Waals surface area contributed by atoms with Crippen LogP contribution in [0.3, 0.4) is 0 Å². The summed E-state index contributed by atoms with van der Waals surface area (Å²) in [5.41, 5.74) is 1.13. The minimum absolute atomic E-state index is 0.271. The average Bonchev–Trinajstić information content (AvgIpc) is 2.86. The number of hydrogen-bond donors (Lipinski definition) is 1. The maximum Gasteiger partial charge on any atom is 0.273 e. The van der Waals surface area contributed by atoms with Gasteiger partial charge in [0.1, 0.15) is 0 Å². The molecular weight excluding hydrogens is 296 g/mol. The molecule has 5 nitrogen and oxygen atoms in total. The first kappa shape index (κ1) is 12.5. The number of amides is 1. The summed E-state index contributed by atoms with van der Waals surface area (Å²) in [6, 6.07) is 9.47. The first-order valence-electron chi connectivity index (χ1n) is 5.26. The smallest absolute Gasteiger partial charge is 0.273 e. The number of halogens is 1. The van der Waals surface area contributed by atoms with E-state index in [2.05, 4.69) is 38.1 Å². The number of hydrogen-bond acceptors (Lipinski definition) is 3. The Bertz CT molecular complexity index is 564. The topological polar surface area (TPSA) is 59.8 Å². The number of aromatic nitrogens is 3. The van der Waals surface area contributed by atoms with Gasteiger partial charge in [0.05, 0.1) is 11.9 Å². The molecule has 0 aliphatic heterocycles. The van der Waals surface area contributed by atoms with E-state index in [9.17, 15) is 4.79 Å². The molecule has 2 aromatic rings. The molecule has 0 saturated carbocycles. The fraction of sp³-hybridized carbons (Fsp3) is 0.0833. The molecule has 0 unspecified atom stereocenters. The van der Waals surface area contributed by atoms with Crippen molar-refractivity contribution >= 4 is 21.8 Å². The molecule has 1 N–H and O–H groups in total. The first-order valence-corrected chi connectivity index (χ1v) is 6.05. The van der Waals surface area contributed by atoms with Gasteiger partial charge in [0, 0.05) is 11.0 Å². The standard InChI is InChI=1S/C12H11BrN4O/c1-9(13)7-14-12(18)11-8-17(16-15-11)10-5-3-2-4-6-10/h2-6,8H,1,7H2,(H,14,18). The number of carbonyl (C=O) groups excluding carboxylic acids is 1. The van der Waals surface area contributed by atoms with E-state index in [1.165, 1.54) is 0 Å². The van der Waals surface area contributed by atoms with Crippen molar-refractivity contribution in [2.24, 2.45) is 0 Å². The third-order valence-corrected chi connectivity index (χ3v) is 2.47. The summed E-state index contributed by atoms with van der Waals surface area (Å²) < 4.78 is 2.25. The van der Waals surface area contributed by atoms with Crippen LogP contribution in [0.15, 0.2) is 47.6 Å². The van der Waals surface area contributed by atoms with Gasteiger partial charge in [0.2, 0.25) is 0 Å². The minimum Gasteiger partial charge on any atom is -0.346 e. The van der Waals surface area contributed by atoms with Crippen LogP contribution in [-0.2, 0) is 0 Å². The molecule has 0 spiro atoms. The molecule has 6 heteroatoms. The highest BCUT2D eigenvalue weighted by Gasteiger charge is 2.10. The molecule has 1 aromatic carbocycles. The van der Waals surface area contributed by atoms with E-state index < -0.39 is 0 Å². The molecule has 1 heterocycles. The van der Waals surface area contributed by atoms with Crippen molar-refractivity contribution in [2.45, 2.75) is 0 Å². The zero-order valence-electron chi connectivity index (χ0n) is 9.51. The summed E-state index contributed by atoms with van der Waals surface area (Å²) >= 11 is 3.17.